The van der Waals surface area contributed by atoms with E-state index in [0.29, 0.717) is 17.3 Å². The van der Waals surface area contributed by atoms with E-state index in [2.05, 4.69) is 17.2 Å². The fourth-order valence-corrected chi connectivity index (χ4v) is 3.92. The summed E-state index contributed by atoms with van der Waals surface area (Å²) >= 11 is 0. The second-order valence-electron chi connectivity index (χ2n) is 8.01. The van der Waals surface area contributed by atoms with Crippen molar-refractivity contribution in [3.05, 3.63) is 65.2 Å². The van der Waals surface area contributed by atoms with Gasteiger partial charge < -0.3 is 10.2 Å². The highest BCUT2D eigenvalue weighted by Crippen LogP contribution is 2.22. The highest BCUT2D eigenvalue weighted by Gasteiger charge is 2.28. The summed E-state index contributed by atoms with van der Waals surface area (Å²) in [4.78, 5) is 32.6. The van der Waals surface area contributed by atoms with E-state index >= 15 is 0 Å². The number of hydrogen-bond donors (Lipinski definition) is 1. The summed E-state index contributed by atoms with van der Waals surface area (Å²) < 4.78 is 1.72. The average molecular weight is 390 g/mol. The van der Waals surface area contributed by atoms with Gasteiger partial charge in [0.15, 0.2) is 5.69 Å². The lowest BCUT2D eigenvalue weighted by Gasteiger charge is -2.30. The molecule has 1 aromatic carbocycles. The van der Waals surface area contributed by atoms with Gasteiger partial charge in [0.25, 0.3) is 11.8 Å². The maximum atomic E-state index is 13.2. The lowest BCUT2D eigenvalue weighted by atomic mass is 10.0. The Morgan fingerprint density at radius 1 is 1.17 bits per heavy atom. The van der Waals surface area contributed by atoms with Crippen LogP contribution in [0.4, 0.5) is 5.69 Å². The molecule has 6 nitrogen and oxygen atoms in total. The number of hydrogen-bond acceptors (Lipinski definition) is 3. The Labute approximate surface area is 170 Å². The van der Waals surface area contributed by atoms with Gasteiger partial charge in [-0.05, 0) is 61.9 Å². The molecule has 1 N–H and O–H groups in total. The van der Waals surface area contributed by atoms with Gasteiger partial charge in [0.1, 0.15) is 0 Å². The van der Waals surface area contributed by atoms with Crippen molar-refractivity contribution in [1.29, 1.82) is 0 Å². The topological polar surface area (TPSA) is 66.7 Å². The second kappa shape index (κ2) is 7.70. The molecule has 2 aromatic heterocycles. The molecule has 4 rings (SSSR count). The van der Waals surface area contributed by atoms with Gasteiger partial charge in [0, 0.05) is 25.0 Å². The number of benzene rings is 1. The molecule has 0 bridgehead atoms. The molecular formula is C23H26N4O2. The maximum Gasteiger partial charge on any atom is 0.290 e. The van der Waals surface area contributed by atoms with Gasteiger partial charge in [-0.25, -0.2) is 4.98 Å². The Kier molecular flexibility index (Phi) is 5.09. The van der Waals surface area contributed by atoms with Crippen LogP contribution in [-0.2, 0) is 0 Å². The van der Waals surface area contributed by atoms with E-state index in [0.717, 1.165) is 42.7 Å². The molecule has 1 saturated heterocycles. The number of imidazole rings is 1. The Hall–Kier alpha value is -3.15. The largest absolute Gasteiger partial charge is 0.336 e. The molecule has 1 fully saturated rings. The van der Waals surface area contributed by atoms with Crippen LogP contribution in [0.2, 0.25) is 0 Å². The number of carbonyl (C=O) groups excluding carboxylic acids is 2. The number of fused-ring (bicyclic) bond motifs is 1. The predicted molar refractivity (Wildman–Crippen MR) is 113 cm³/mol. The van der Waals surface area contributed by atoms with Crippen LogP contribution in [-0.4, -0.2) is 39.2 Å². The van der Waals surface area contributed by atoms with Crippen LogP contribution >= 0.6 is 0 Å². The number of nitrogens with zero attached hydrogens (tertiary/aromatic N) is 3. The molecule has 0 aliphatic carbocycles. The third kappa shape index (κ3) is 3.75. The van der Waals surface area contributed by atoms with E-state index < -0.39 is 0 Å². The van der Waals surface area contributed by atoms with Crippen LogP contribution in [0.5, 0.6) is 0 Å². The minimum Gasteiger partial charge on any atom is -0.336 e. The SMILES string of the molecule is Cc1ccc(C)c(NC(=O)c2nc(C(=O)N3CCCC(C)C3)n3ccccc23)c1. The predicted octanol–water partition coefficient (Wildman–Crippen LogP) is 4.08. The Bertz CT molecular complexity index is 1090. The van der Waals surface area contributed by atoms with Crippen molar-refractivity contribution < 1.29 is 9.59 Å². The number of pyridine rings is 1. The van der Waals surface area contributed by atoms with Crippen LogP contribution < -0.4 is 5.32 Å². The van der Waals surface area contributed by atoms with Crippen LogP contribution in [0, 0.1) is 19.8 Å². The van der Waals surface area contributed by atoms with Crippen molar-refractivity contribution >= 4 is 23.0 Å². The summed E-state index contributed by atoms with van der Waals surface area (Å²) in [6.07, 6.45) is 3.92. The maximum absolute atomic E-state index is 13.2. The minimum absolute atomic E-state index is 0.122. The van der Waals surface area contributed by atoms with E-state index in [1.807, 2.05) is 55.1 Å². The lowest BCUT2D eigenvalue weighted by molar-refractivity contribution is 0.0670. The average Bonchev–Trinajstić information content (AvgIpc) is 3.10. The lowest BCUT2D eigenvalue weighted by Crippen LogP contribution is -2.39. The third-order valence-electron chi connectivity index (χ3n) is 5.54. The van der Waals surface area contributed by atoms with Gasteiger partial charge in [-0.2, -0.15) is 0 Å². The van der Waals surface area contributed by atoms with E-state index in [9.17, 15) is 9.59 Å². The molecule has 1 unspecified atom stereocenters. The molecule has 3 heterocycles. The molecule has 29 heavy (non-hydrogen) atoms. The molecule has 0 spiro atoms. The van der Waals surface area contributed by atoms with Gasteiger partial charge >= 0.3 is 0 Å². The first-order chi connectivity index (χ1) is 13.9. The summed E-state index contributed by atoms with van der Waals surface area (Å²) in [6, 6.07) is 11.4. The second-order valence-corrected chi connectivity index (χ2v) is 8.01. The van der Waals surface area contributed by atoms with Crippen molar-refractivity contribution in [3.63, 3.8) is 0 Å². The zero-order valence-electron chi connectivity index (χ0n) is 17.1. The highest BCUT2D eigenvalue weighted by atomic mass is 16.2. The third-order valence-corrected chi connectivity index (χ3v) is 5.54. The zero-order valence-corrected chi connectivity index (χ0v) is 17.1. The molecule has 1 atom stereocenters. The van der Waals surface area contributed by atoms with Crippen LogP contribution in [0.15, 0.2) is 42.6 Å². The van der Waals surface area contributed by atoms with Crippen LogP contribution in [0.3, 0.4) is 0 Å². The van der Waals surface area contributed by atoms with Crippen molar-refractivity contribution in [1.82, 2.24) is 14.3 Å². The molecule has 0 saturated carbocycles. The summed E-state index contributed by atoms with van der Waals surface area (Å²) in [7, 11) is 0. The van der Waals surface area contributed by atoms with Crippen molar-refractivity contribution in [2.24, 2.45) is 5.92 Å². The smallest absolute Gasteiger partial charge is 0.290 e. The van der Waals surface area contributed by atoms with E-state index in [-0.39, 0.29) is 17.5 Å². The number of aromatic nitrogens is 2. The first-order valence-corrected chi connectivity index (χ1v) is 10.1. The molecule has 150 valence electrons. The molecule has 0 radical (unpaired) electrons. The van der Waals surface area contributed by atoms with E-state index in [4.69, 9.17) is 0 Å². The van der Waals surface area contributed by atoms with Gasteiger partial charge in [0.2, 0.25) is 5.82 Å². The molecular weight excluding hydrogens is 364 g/mol. The number of nitrogens with one attached hydrogen (secondary N) is 1. The monoisotopic (exact) mass is 390 g/mol. The summed E-state index contributed by atoms with van der Waals surface area (Å²) in [6.45, 7) is 7.55. The van der Waals surface area contributed by atoms with Crippen molar-refractivity contribution in [2.45, 2.75) is 33.6 Å². The van der Waals surface area contributed by atoms with E-state index in [1.165, 1.54) is 0 Å². The number of carbonyl (C=O) groups is 2. The quantitative estimate of drug-likeness (QED) is 0.733. The first-order valence-electron chi connectivity index (χ1n) is 10.1. The molecule has 2 amide bonds. The highest BCUT2D eigenvalue weighted by molar-refractivity contribution is 6.09. The molecule has 3 aromatic rings. The Morgan fingerprint density at radius 2 is 2.00 bits per heavy atom. The number of likely N-dealkylation sites (tertiary alicyclic amines) is 1. The number of rotatable bonds is 3. The number of aryl methyl sites for hydroxylation is 2. The van der Waals surface area contributed by atoms with Crippen LogP contribution in [0.1, 0.15) is 52.0 Å². The van der Waals surface area contributed by atoms with E-state index in [1.54, 1.807) is 10.6 Å². The van der Waals surface area contributed by atoms with Crippen molar-refractivity contribution in [2.75, 3.05) is 18.4 Å². The number of piperidine rings is 1. The number of anilines is 1. The summed E-state index contributed by atoms with van der Waals surface area (Å²) in [5, 5.41) is 2.96. The fraction of sp³-hybridized carbons (Fsp3) is 0.348. The number of amides is 2. The standard InChI is InChI=1S/C23H26N4O2/c1-15-9-10-17(3)18(13-15)24-22(28)20-19-8-4-5-12-27(19)21(25-20)23(29)26-11-6-7-16(2)14-26/h4-5,8-10,12-13,16H,6-7,11,14H2,1-3H3,(H,24,28). The summed E-state index contributed by atoms with van der Waals surface area (Å²) in [5.41, 5.74) is 3.69. The fourth-order valence-electron chi connectivity index (χ4n) is 3.92. The summed E-state index contributed by atoms with van der Waals surface area (Å²) in [5.74, 6) is 0.337. The van der Waals surface area contributed by atoms with Gasteiger partial charge in [-0.1, -0.05) is 25.1 Å². The molecule has 1 aliphatic rings. The first kappa shape index (κ1) is 19.2. The minimum atomic E-state index is -0.312. The molecule has 6 heteroatoms. The van der Waals surface area contributed by atoms with Gasteiger partial charge in [-0.3, -0.25) is 14.0 Å². The molecule has 1 aliphatic heterocycles. The Balaban J connectivity index is 1.69. The van der Waals surface area contributed by atoms with Crippen molar-refractivity contribution in [3.8, 4) is 0 Å². The Morgan fingerprint density at radius 3 is 2.79 bits per heavy atom. The van der Waals surface area contributed by atoms with Crippen LogP contribution in [0.25, 0.3) is 5.52 Å². The normalized spacial score (nSPS) is 16.8. The van der Waals surface area contributed by atoms with Gasteiger partial charge in [0.05, 0.1) is 5.52 Å². The van der Waals surface area contributed by atoms with Gasteiger partial charge in [-0.15, -0.1) is 0 Å². The zero-order chi connectivity index (χ0) is 20.5.